The molecule has 3 nitrogen and oxygen atoms in total. The quantitative estimate of drug-likeness (QED) is 0.820. The third-order valence-corrected chi connectivity index (χ3v) is 3.74. The molecule has 0 amide bonds. The number of rotatable bonds is 4. The Morgan fingerprint density at radius 1 is 1.44 bits per heavy atom. The molecule has 1 aliphatic carbocycles. The van der Waals surface area contributed by atoms with E-state index in [0.29, 0.717) is 16.4 Å². The lowest BCUT2D eigenvalue weighted by Crippen LogP contribution is -2.21. The van der Waals surface area contributed by atoms with Crippen LogP contribution in [0.5, 0.6) is 0 Å². The predicted molar refractivity (Wildman–Crippen MR) is 66.8 cm³/mol. The molecule has 1 aromatic heterocycles. The SMILES string of the molecule is Cc1nc(Cl)cc(NCC2(C(C)C)CC2)n1. The van der Waals surface area contributed by atoms with Gasteiger partial charge in [0.25, 0.3) is 0 Å². The average molecular weight is 240 g/mol. The van der Waals surface area contributed by atoms with Crippen LogP contribution in [0.1, 0.15) is 32.5 Å². The van der Waals surface area contributed by atoms with Crippen LogP contribution in [-0.4, -0.2) is 16.5 Å². The molecule has 2 rings (SSSR count). The lowest BCUT2D eigenvalue weighted by Gasteiger charge is -2.20. The van der Waals surface area contributed by atoms with Crippen LogP contribution in [0.3, 0.4) is 0 Å². The van der Waals surface area contributed by atoms with Crippen LogP contribution in [0.15, 0.2) is 6.07 Å². The molecule has 0 radical (unpaired) electrons. The Labute approximate surface area is 102 Å². The first-order valence-electron chi connectivity index (χ1n) is 5.77. The fraction of sp³-hybridized carbons (Fsp3) is 0.667. The van der Waals surface area contributed by atoms with Crippen LogP contribution < -0.4 is 5.32 Å². The number of halogens is 1. The molecule has 88 valence electrons. The summed E-state index contributed by atoms with van der Waals surface area (Å²) in [5, 5.41) is 3.88. The zero-order valence-electron chi connectivity index (χ0n) is 10.0. The van der Waals surface area contributed by atoms with Gasteiger partial charge in [-0.05, 0) is 31.1 Å². The molecule has 0 spiro atoms. The lowest BCUT2D eigenvalue weighted by atomic mass is 9.92. The minimum absolute atomic E-state index is 0.478. The van der Waals surface area contributed by atoms with Crippen molar-refractivity contribution in [1.82, 2.24) is 9.97 Å². The summed E-state index contributed by atoms with van der Waals surface area (Å²) in [5.74, 6) is 2.27. The van der Waals surface area contributed by atoms with Crippen molar-refractivity contribution < 1.29 is 0 Å². The van der Waals surface area contributed by atoms with Gasteiger partial charge in [-0.1, -0.05) is 25.4 Å². The van der Waals surface area contributed by atoms with Crippen molar-refractivity contribution in [3.8, 4) is 0 Å². The molecule has 1 fully saturated rings. The molecule has 1 aromatic rings. The van der Waals surface area contributed by atoms with Crippen molar-refractivity contribution in [2.45, 2.75) is 33.6 Å². The van der Waals surface area contributed by atoms with E-state index in [4.69, 9.17) is 11.6 Å². The molecule has 0 saturated heterocycles. The maximum atomic E-state index is 5.89. The number of aryl methyl sites for hydroxylation is 1. The molecule has 0 bridgehead atoms. The first kappa shape index (κ1) is 11.6. The minimum Gasteiger partial charge on any atom is -0.369 e. The van der Waals surface area contributed by atoms with Crippen molar-refractivity contribution >= 4 is 17.4 Å². The largest absolute Gasteiger partial charge is 0.369 e. The van der Waals surface area contributed by atoms with Gasteiger partial charge in [0.2, 0.25) is 0 Å². The third-order valence-electron chi connectivity index (χ3n) is 3.55. The molecule has 1 saturated carbocycles. The van der Waals surface area contributed by atoms with E-state index in [-0.39, 0.29) is 0 Å². The molecular weight excluding hydrogens is 222 g/mol. The Balaban J connectivity index is 2.00. The maximum Gasteiger partial charge on any atom is 0.134 e. The lowest BCUT2D eigenvalue weighted by molar-refractivity contribution is 0.380. The number of nitrogens with one attached hydrogen (secondary N) is 1. The van der Waals surface area contributed by atoms with Crippen LogP contribution in [0.4, 0.5) is 5.82 Å². The summed E-state index contributed by atoms with van der Waals surface area (Å²) in [5.41, 5.74) is 0.478. The van der Waals surface area contributed by atoms with Crippen molar-refractivity contribution in [3.05, 3.63) is 17.0 Å². The Bertz CT molecular complexity index is 366. The summed E-state index contributed by atoms with van der Waals surface area (Å²) in [7, 11) is 0. The van der Waals surface area contributed by atoms with E-state index in [1.165, 1.54) is 12.8 Å². The Hall–Kier alpha value is -0.830. The minimum atomic E-state index is 0.478. The number of hydrogen-bond donors (Lipinski definition) is 1. The van der Waals surface area contributed by atoms with E-state index < -0.39 is 0 Å². The van der Waals surface area contributed by atoms with Crippen LogP contribution in [0.2, 0.25) is 5.15 Å². The van der Waals surface area contributed by atoms with Gasteiger partial charge in [-0.15, -0.1) is 0 Å². The summed E-state index contributed by atoms with van der Waals surface area (Å²) in [6.45, 7) is 7.41. The highest BCUT2D eigenvalue weighted by Gasteiger charge is 2.44. The van der Waals surface area contributed by atoms with Gasteiger partial charge in [-0.2, -0.15) is 0 Å². The van der Waals surface area contributed by atoms with Crippen molar-refractivity contribution in [3.63, 3.8) is 0 Å². The predicted octanol–water partition coefficient (Wildman–Crippen LogP) is 3.29. The van der Waals surface area contributed by atoms with Crippen LogP contribution >= 0.6 is 11.6 Å². The van der Waals surface area contributed by atoms with E-state index in [1.54, 1.807) is 6.07 Å². The fourth-order valence-corrected chi connectivity index (χ4v) is 2.23. The second-order valence-electron chi connectivity index (χ2n) is 4.99. The molecule has 0 aliphatic heterocycles. The van der Waals surface area contributed by atoms with Gasteiger partial charge in [0.1, 0.15) is 16.8 Å². The smallest absolute Gasteiger partial charge is 0.134 e. The van der Waals surface area contributed by atoms with Gasteiger partial charge in [0, 0.05) is 12.6 Å². The molecule has 1 N–H and O–H groups in total. The van der Waals surface area contributed by atoms with E-state index in [2.05, 4.69) is 29.1 Å². The number of aromatic nitrogens is 2. The van der Waals surface area contributed by atoms with Crippen molar-refractivity contribution in [1.29, 1.82) is 0 Å². The monoisotopic (exact) mass is 239 g/mol. The normalized spacial score (nSPS) is 17.6. The highest BCUT2D eigenvalue weighted by Crippen LogP contribution is 2.51. The molecule has 1 aliphatic rings. The highest BCUT2D eigenvalue weighted by atomic mass is 35.5. The zero-order chi connectivity index (χ0) is 11.8. The first-order valence-corrected chi connectivity index (χ1v) is 6.15. The van der Waals surface area contributed by atoms with Gasteiger partial charge < -0.3 is 5.32 Å². The molecule has 0 aromatic carbocycles. The Morgan fingerprint density at radius 3 is 2.62 bits per heavy atom. The summed E-state index contributed by atoms with van der Waals surface area (Å²) < 4.78 is 0. The van der Waals surface area contributed by atoms with Gasteiger partial charge in [-0.25, -0.2) is 9.97 Å². The summed E-state index contributed by atoms with van der Waals surface area (Å²) in [6, 6.07) is 1.78. The van der Waals surface area contributed by atoms with Gasteiger partial charge >= 0.3 is 0 Å². The number of hydrogen-bond acceptors (Lipinski definition) is 3. The van der Waals surface area contributed by atoms with Crippen LogP contribution in [-0.2, 0) is 0 Å². The van der Waals surface area contributed by atoms with Crippen molar-refractivity contribution in [2.75, 3.05) is 11.9 Å². The summed E-state index contributed by atoms with van der Waals surface area (Å²) >= 11 is 5.89. The standard InChI is InChI=1S/C12H18ClN3/c1-8(2)12(4-5-12)7-14-11-6-10(13)15-9(3)16-11/h6,8H,4-5,7H2,1-3H3,(H,14,15,16). The second kappa shape index (κ2) is 4.21. The topological polar surface area (TPSA) is 37.8 Å². The van der Waals surface area contributed by atoms with Gasteiger partial charge in [0.05, 0.1) is 0 Å². The van der Waals surface area contributed by atoms with Crippen LogP contribution in [0, 0.1) is 18.3 Å². The number of anilines is 1. The fourth-order valence-electron chi connectivity index (χ4n) is 2.01. The van der Waals surface area contributed by atoms with Crippen molar-refractivity contribution in [2.24, 2.45) is 11.3 Å². The van der Waals surface area contributed by atoms with Gasteiger partial charge in [0.15, 0.2) is 0 Å². The van der Waals surface area contributed by atoms with Gasteiger partial charge in [-0.3, -0.25) is 0 Å². The highest BCUT2D eigenvalue weighted by molar-refractivity contribution is 6.29. The van der Waals surface area contributed by atoms with E-state index in [9.17, 15) is 0 Å². The molecule has 0 unspecified atom stereocenters. The second-order valence-corrected chi connectivity index (χ2v) is 5.38. The summed E-state index contributed by atoms with van der Waals surface area (Å²) in [6.07, 6.45) is 2.63. The maximum absolute atomic E-state index is 5.89. The molecule has 16 heavy (non-hydrogen) atoms. The molecule has 1 heterocycles. The summed E-state index contributed by atoms with van der Waals surface area (Å²) in [4.78, 5) is 8.36. The molecule has 0 atom stereocenters. The number of nitrogens with zero attached hydrogens (tertiary/aromatic N) is 2. The Morgan fingerprint density at radius 2 is 2.12 bits per heavy atom. The molecular formula is C12H18ClN3. The molecule has 4 heteroatoms. The van der Waals surface area contributed by atoms with E-state index in [1.807, 2.05) is 6.92 Å². The average Bonchev–Trinajstić information content (AvgIpc) is 2.94. The third kappa shape index (κ3) is 2.46. The zero-order valence-corrected chi connectivity index (χ0v) is 10.8. The van der Waals surface area contributed by atoms with Crippen LogP contribution in [0.25, 0.3) is 0 Å². The Kier molecular flexibility index (Phi) is 3.06. The van der Waals surface area contributed by atoms with E-state index in [0.717, 1.165) is 18.3 Å². The van der Waals surface area contributed by atoms with E-state index >= 15 is 0 Å². The first-order chi connectivity index (χ1) is 7.52.